The van der Waals surface area contributed by atoms with Crippen molar-refractivity contribution in [1.82, 2.24) is 0 Å². The van der Waals surface area contributed by atoms with E-state index in [9.17, 15) is 34.8 Å². The van der Waals surface area contributed by atoms with E-state index in [-0.39, 0.29) is 44.3 Å². The lowest BCUT2D eigenvalue weighted by atomic mass is 9.41. The Labute approximate surface area is 229 Å². The number of ketones is 1. The fraction of sp³-hybridized carbons (Fsp3) is 0.767. The number of hydrogen-bond donors (Lipinski definition) is 4. The third-order valence-corrected chi connectivity index (χ3v) is 12.1. The number of aliphatic hydroxyl groups is 4. The molecule has 0 unspecified atom stereocenters. The highest BCUT2D eigenvalue weighted by atomic mass is 16.6. The van der Waals surface area contributed by atoms with Gasteiger partial charge in [-0.15, -0.1) is 0 Å². The van der Waals surface area contributed by atoms with Gasteiger partial charge in [0.1, 0.15) is 29.0 Å². The minimum absolute atomic E-state index is 0.0408. The Morgan fingerprint density at radius 2 is 1.74 bits per heavy atom. The van der Waals surface area contributed by atoms with Crippen molar-refractivity contribution in [2.75, 3.05) is 0 Å². The van der Waals surface area contributed by atoms with E-state index in [4.69, 9.17) is 9.47 Å². The second-order valence-electron chi connectivity index (χ2n) is 13.5. The average Bonchev–Trinajstić information content (AvgIpc) is 3.07. The molecule has 0 saturated heterocycles. The molecule has 9 heteroatoms. The first-order valence-corrected chi connectivity index (χ1v) is 14.1. The van der Waals surface area contributed by atoms with Gasteiger partial charge in [0.05, 0.1) is 11.0 Å². The van der Waals surface area contributed by atoms with E-state index in [2.05, 4.69) is 0 Å². The summed E-state index contributed by atoms with van der Waals surface area (Å²) in [6.07, 6.45) is 2.37. The third-order valence-electron chi connectivity index (χ3n) is 12.1. The normalized spacial score (nSPS) is 49.0. The molecular weight excluding hydrogens is 504 g/mol. The zero-order valence-electron chi connectivity index (χ0n) is 23.7. The highest BCUT2D eigenvalue weighted by molar-refractivity contribution is 5.97. The molecule has 10 atom stereocenters. The summed E-state index contributed by atoms with van der Waals surface area (Å²) < 4.78 is 11.3. The molecule has 4 aliphatic carbocycles. The van der Waals surface area contributed by atoms with Crippen LogP contribution in [0.1, 0.15) is 86.5 Å². The van der Waals surface area contributed by atoms with Crippen LogP contribution in [0.3, 0.4) is 0 Å². The molecule has 5 aliphatic rings. The van der Waals surface area contributed by atoms with Crippen LogP contribution in [0, 0.1) is 22.7 Å². The molecular formula is C30H42O9. The third kappa shape index (κ3) is 3.30. The first kappa shape index (κ1) is 28.5. The zero-order valence-corrected chi connectivity index (χ0v) is 23.7. The van der Waals surface area contributed by atoms with Gasteiger partial charge in [0.15, 0.2) is 5.78 Å². The molecule has 0 amide bonds. The van der Waals surface area contributed by atoms with Crippen molar-refractivity contribution in [2.45, 2.75) is 121 Å². The largest absolute Gasteiger partial charge is 0.459 e. The minimum Gasteiger partial charge on any atom is -0.459 e. The SMILES string of the molecule is CC(=O)O[C@@H]1C[C@@H]2[C@H](CC[C@]3(C)[C@](O)([C@@](C)(O)[C@H]4CC(C)=C(C)C(=O)O4)CC[C@@]23O)[C@@]2(C)C(=O)C=CC[C@]12O. The van der Waals surface area contributed by atoms with Gasteiger partial charge >= 0.3 is 11.9 Å². The minimum atomic E-state index is -1.89. The van der Waals surface area contributed by atoms with Crippen LogP contribution in [0.2, 0.25) is 0 Å². The number of rotatable bonds is 3. The van der Waals surface area contributed by atoms with Gasteiger partial charge in [0.2, 0.25) is 0 Å². The van der Waals surface area contributed by atoms with Crippen molar-refractivity contribution >= 4 is 17.7 Å². The van der Waals surface area contributed by atoms with Crippen LogP contribution >= 0.6 is 0 Å². The van der Waals surface area contributed by atoms with Crippen molar-refractivity contribution in [2.24, 2.45) is 22.7 Å². The summed E-state index contributed by atoms with van der Waals surface area (Å²) in [6.45, 7) is 9.65. The molecule has 39 heavy (non-hydrogen) atoms. The predicted molar refractivity (Wildman–Crippen MR) is 139 cm³/mol. The maximum Gasteiger partial charge on any atom is 0.334 e. The molecule has 4 N–H and O–H groups in total. The van der Waals surface area contributed by atoms with Crippen molar-refractivity contribution < 1.29 is 44.3 Å². The summed E-state index contributed by atoms with van der Waals surface area (Å²) in [7, 11) is 0. The van der Waals surface area contributed by atoms with Gasteiger partial charge < -0.3 is 29.9 Å². The summed E-state index contributed by atoms with van der Waals surface area (Å²) >= 11 is 0. The van der Waals surface area contributed by atoms with Gasteiger partial charge in [-0.25, -0.2) is 4.79 Å². The van der Waals surface area contributed by atoms with E-state index in [0.717, 1.165) is 5.57 Å². The van der Waals surface area contributed by atoms with Crippen molar-refractivity contribution in [1.29, 1.82) is 0 Å². The van der Waals surface area contributed by atoms with Gasteiger partial charge in [0, 0.05) is 24.3 Å². The van der Waals surface area contributed by atoms with Gasteiger partial charge in [-0.2, -0.15) is 0 Å². The van der Waals surface area contributed by atoms with Crippen molar-refractivity contribution in [3.05, 3.63) is 23.3 Å². The molecule has 3 fully saturated rings. The summed E-state index contributed by atoms with van der Waals surface area (Å²) in [5.74, 6) is -2.46. The first-order valence-electron chi connectivity index (χ1n) is 14.1. The number of cyclic esters (lactones) is 1. The van der Waals surface area contributed by atoms with Gasteiger partial charge in [-0.3, -0.25) is 9.59 Å². The Balaban J connectivity index is 1.58. The molecule has 216 valence electrons. The standard InChI is InChI=1S/C30H42O9/c1-16-14-22(39-24(33)17(16)2)27(6,34)30(37)13-12-28(35)20-15-23(38-18(3)31)29(36)10-7-8-21(32)26(29,5)19(20)9-11-25(28,30)4/h7-8,19-20,22-23,34-37H,9-15H2,1-6H3/t19-,20+,22+,23+,25-,26-,27-,28+,29-,30-/m0/s1. The Kier molecular flexibility index (Phi) is 6.18. The van der Waals surface area contributed by atoms with Crippen molar-refractivity contribution in [3.8, 4) is 0 Å². The number of esters is 2. The van der Waals surface area contributed by atoms with Crippen LogP contribution in [-0.4, -0.2) is 72.8 Å². The number of hydrogen-bond acceptors (Lipinski definition) is 9. The number of ether oxygens (including phenoxy) is 2. The highest BCUT2D eigenvalue weighted by Crippen LogP contribution is 2.71. The van der Waals surface area contributed by atoms with Crippen molar-refractivity contribution in [3.63, 3.8) is 0 Å². The monoisotopic (exact) mass is 546 g/mol. The Morgan fingerprint density at radius 1 is 1.08 bits per heavy atom. The quantitative estimate of drug-likeness (QED) is 0.391. The molecule has 0 aromatic rings. The lowest BCUT2D eigenvalue weighted by Crippen LogP contribution is -2.76. The van der Waals surface area contributed by atoms with Crippen LogP contribution in [-0.2, 0) is 23.9 Å². The summed E-state index contributed by atoms with van der Waals surface area (Å²) in [4.78, 5) is 38.1. The molecule has 5 rings (SSSR count). The van der Waals surface area contributed by atoms with E-state index < -0.39 is 69.2 Å². The number of fused-ring (bicyclic) bond motifs is 5. The van der Waals surface area contributed by atoms with Crippen LogP contribution < -0.4 is 0 Å². The van der Waals surface area contributed by atoms with Gasteiger partial charge in [0.25, 0.3) is 0 Å². The maximum atomic E-state index is 13.5. The van der Waals surface area contributed by atoms with Crippen LogP contribution in [0.4, 0.5) is 0 Å². The molecule has 0 bridgehead atoms. The molecule has 3 saturated carbocycles. The maximum absolute atomic E-state index is 13.5. The Morgan fingerprint density at radius 3 is 2.36 bits per heavy atom. The van der Waals surface area contributed by atoms with E-state index in [1.165, 1.54) is 19.9 Å². The fourth-order valence-electron chi connectivity index (χ4n) is 9.27. The van der Waals surface area contributed by atoms with Crippen LogP contribution in [0.25, 0.3) is 0 Å². The molecule has 0 aromatic carbocycles. The molecule has 1 heterocycles. The van der Waals surface area contributed by atoms with Crippen LogP contribution in [0.15, 0.2) is 23.3 Å². The number of allylic oxidation sites excluding steroid dienone is 1. The summed E-state index contributed by atoms with van der Waals surface area (Å²) in [5, 5.41) is 48.9. The second kappa shape index (κ2) is 8.47. The zero-order chi connectivity index (χ0) is 29.0. The average molecular weight is 547 g/mol. The highest BCUT2D eigenvalue weighted by Gasteiger charge is 2.79. The van der Waals surface area contributed by atoms with E-state index in [0.29, 0.717) is 12.0 Å². The van der Waals surface area contributed by atoms with Gasteiger partial charge in [-0.05, 0) is 84.1 Å². The summed E-state index contributed by atoms with van der Waals surface area (Å²) in [5.41, 5.74) is -8.23. The second-order valence-corrected chi connectivity index (χ2v) is 13.5. The topological polar surface area (TPSA) is 151 Å². The molecule has 0 aromatic heterocycles. The molecule has 0 radical (unpaired) electrons. The summed E-state index contributed by atoms with van der Waals surface area (Å²) in [6, 6.07) is 0. The Hall–Kier alpha value is -2.07. The number of carbonyl (C=O) groups excluding carboxylic acids is 3. The van der Waals surface area contributed by atoms with Crippen LogP contribution in [0.5, 0.6) is 0 Å². The molecule has 9 nitrogen and oxygen atoms in total. The fourth-order valence-corrected chi connectivity index (χ4v) is 9.27. The lowest BCUT2D eigenvalue weighted by Gasteiger charge is -2.66. The molecule has 0 spiro atoms. The van der Waals surface area contributed by atoms with E-state index >= 15 is 0 Å². The Bertz CT molecular complexity index is 1190. The van der Waals surface area contributed by atoms with E-state index in [1.54, 1.807) is 33.8 Å². The lowest BCUT2D eigenvalue weighted by molar-refractivity contribution is -0.302. The molecule has 1 aliphatic heterocycles. The van der Waals surface area contributed by atoms with Gasteiger partial charge in [-0.1, -0.05) is 18.6 Å². The smallest absolute Gasteiger partial charge is 0.334 e. The van der Waals surface area contributed by atoms with E-state index in [1.807, 2.05) is 0 Å². The predicted octanol–water partition coefficient (Wildman–Crippen LogP) is 2.28. The first-order chi connectivity index (χ1) is 17.9. The number of carbonyl (C=O) groups is 3.